The van der Waals surface area contributed by atoms with Gasteiger partial charge in [0.2, 0.25) is 5.91 Å². The monoisotopic (exact) mass is 448 g/mol. The van der Waals surface area contributed by atoms with Crippen LogP contribution in [0.4, 0.5) is 0 Å². The summed E-state index contributed by atoms with van der Waals surface area (Å²) < 4.78 is 11.3. The van der Waals surface area contributed by atoms with Crippen molar-refractivity contribution in [2.24, 2.45) is 0 Å². The summed E-state index contributed by atoms with van der Waals surface area (Å²) in [5.74, 6) is -0.933. The summed E-state index contributed by atoms with van der Waals surface area (Å²) >= 11 is 3.30. The molecule has 0 aliphatic rings. The van der Waals surface area contributed by atoms with Crippen molar-refractivity contribution >= 4 is 33.7 Å². The Morgan fingerprint density at radius 3 is 2.25 bits per heavy atom. The number of amides is 2. The Morgan fingerprint density at radius 2 is 1.54 bits per heavy atom. The van der Waals surface area contributed by atoms with Crippen LogP contribution < -0.4 is 15.6 Å². The lowest BCUT2D eigenvalue weighted by atomic mass is 10.2. The zero-order valence-electron chi connectivity index (χ0n) is 15.2. The Balaban J connectivity index is 1.54. The van der Waals surface area contributed by atoms with E-state index < -0.39 is 17.8 Å². The number of rotatable bonds is 9. The van der Waals surface area contributed by atoms with Gasteiger partial charge in [-0.3, -0.25) is 25.2 Å². The Labute approximate surface area is 171 Å². The molecule has 0 unspecified atom stereocenters. The van der Waals surface area contributed by atoms with E-state index in [0.29, 0.717) is 12.2 Å². The van der Waals surface area contributed by atoms with E-state index in [1.165, 1.54) is 0 Å². The summed E-state index contributed by atoms with van der Waals surface area (Å²) in [7, 11) is 0. The van der Waals surface area contributed by atoms with Crippen molar-refractivity contribution in [3.05, 3.63) is 64.6 Å². The lowest BCUT2D eigenvalue weighted by Crippen LogP contribution is -2.43. The SMILES string of the molecule is O=C(CCC(=O)OCCc1ccccc1)NNC(=O)COc1ccc(Br)cc1. The second kappa shape index (κ2) is 11.8. The van der Waals surface area contributed by atoms with Crippen molar-refractivity contribution in [3.8, 4) is 5.75 Å². The largest absolute Gasteiger partial charge is 0.484 e. The number of ether oxygens (including phenoxy) is 2. The number of halogens is 1. The minimum Gasteiger partial charge on any atom is -0.484 e. The van der Waals surface area contributed by atoms with Crippen molar-refractivity contribution in [1.82, 2.24) is 10.9 Å². The van der Waals surface area contributed by atoms with Crippen molar-refractivity contribution < 1.29 is 23.9 Å². The second-order valence-corrected chi connectivity index (χ2v) is 6.71. The molecule has 0 fully saturated rings. The van der Waals surface area contributed by atoms with Crippen LogP contribution in [0.2, 0.25) is 0 Å². The predicted octanol–water partition coefficient (Wildman–Crippen LogP) is 2.54. The molecular weight excluding hydrogens is 428 g/mol. The lowest BCUT2D eigenvalue weighted by Gasteiger charge is -2.09. The highest BCUT2D eigenvalue weighted by atomic mass is 79.9. The Hall–Kier alpha value is -2.87. The molecule has 0 heterocycles. The van der Waals surface area contributed by atoms with Gasteiger partial charge >= 0.3 is 5.97 Å². The molecule has 2 amide bonds. The van der Waals surface area contributed by atoms with E-state index >= 15 is 0 Å². The van der Waals surface area contributed by atoms with Gasteiger partial charge in [0.25, 0.3) is 5.91 Å². The van der Waals surface area contributed by atoms with E-state index in [1.54, 1.807) is 24.3 Å². The number of carbonyl (C=O) groups is 3. The molecular formula is C20H21BrN2O5. The maximum absolute atomic E-state index is 11.7. The maximum atomic E-state index is 11.7. The lowest BCUT2D eigenvalue weighted by molar-refractivity contribution is -0.145. The van der Waals surface area contributed by atoms with Gasteiger partial charge in [-0.15, -0.1) is 0 Å². The third-order valence-corrected chi connectivity index (χ3v) is 4.11. The van der Waals surface area contributed by atoms with Crippen LogP contribution in [0.5, 0.6) is 5.75 Å². The first-order valence-electron chi connectivity index (χ1n) is 8.68. The van der Waals surface area contributed by atoms with Crippen LogP contribution in [0.3, 0.4) is 0 Å². The summed E-state index contributed by atoms with van der Waals surface area (Å²) in [6.07, 6.45) is 0.469. The zero-order valence-corrected chi connectivity index (χ0v) is 16.7. The molecule has 8 heteroatoms. The molecule has 0 saturated carbocycles. The van der Waals surface area contributed by atoms with Crippen LogP contribution in [0, 0.1) is 0 Å². The number of hydrogen-bond donors (Lipinski definition) is 2. The highest BCUT2D eigenvalue weighted by Crippen LogP contribution is 2.15. The van der Waals surface area contributed by atoms with E-state index in [2.05, 4.69) is 26.8 Å². The first-order valence-corrected chi connectivity index (χ1v) is 9.48. The Kier molecular flexibility index (Phi) is 9.00. The number of benzene rings is 2. The Bertz CT molecular complexity index is 781. The molecule has 0 spiro atoms. The molecule has 0 atom stereocenters. The van der Waals surface area contributed by atoms with E-state index in [9.17, 15) is 14.4 Å². The first kappa shape index (κ1) is 21.4. The molecule has 2 aromatic rings. The highest BCUT2D eigenvalue weighted by molar-refractivity contribution is 9.10. The number of hydrazine groups is 1. The number of nitrogens with one attached hydrogen (secondary N) is 2. The standard InChI is InChI=1S/C20H21BrN2O5/c21-16-6-8-17(9-7-16)28-14-19(25)23-22-18(24)10-11-20(26)27-13-12-15-4-2-1-3-5-15/h1-9H,10-14H2,(H,22,24)(H,23,25). The van der Waals surface area contributed by atoms with E-state index in [1.807, 2.05) is 30.3 Å². The summed E-state index contributed by atoms with van der Waals surface area (Å²) in [6.45, 7) is 0.0119. The normalized spacial score (nSPS) is 10.0. The van der Waals surface area contributed by atoms with Crippen LogP contribution in [0.25, 0.3) is 0 Å². The van der Waals surface area contributed by atoms with Gasteiger partial charge < -0.3 is 9.47 Å². The third kappa shape index (κ3) is 8.68. The van der Waals surface area contributed by atoms with Gasteiger partial charge in [0.1, 0.15) is 5.75 Å². The average Bonchev–Trinajstić information content (AvgIpc) is 2.71. The van der Waals surface area contributed by atoms with Crippen molar-refractivity contribution in [2.45, 2.75) is 19.3 Å². The van der Waals surface area contributed by atoms with E-state index in [4.69, 9.17) is 9.47 Å². The van der Waals surface area contributed by atoms with Crippen LogP contribution >= 0.6 is 15.9 Å². The second-order valence-electron chi connectivity index (χ2n) is 5.80. The molecule has 2 N–H and O–H groups in total. The summed E-state index contributed by atoms with van der Waals surface area (Å²) in [6, 6.07) is 16.6. The van der Waals surface area contributed by atoms with E-state index in [-0.39, 0.29) is 26.1 Å². The van der Waals surface area contributed by atoms with Crippen molar-refractivity contribution in [2.75, 3.05) is 13.2 Å². The molecule has 2 rings (SSSR count). The first-order chi connectivity index (χ1) is 13.5. The molecule has 0 aliphatic heterocycles. The number of esters is 1. The Morgan fingerprint density at radius 1 is 0.857 bits per heavy atom. The van der Waals surface area contributed by atoms with Gasteiger partial charge in [-0.1, -0.05) is 46.3 Å². The molecule has 2 aromatic carbocycles. The molecule has 0 aromatic heterocycles. The molecule has 148 valence electrons. The van der Waals surface area contributed by atoms with Crippen molar-refractivity contribution in [3.63, 3.8) is 0 Å². The number of hydrogen-bond acceptors (Lipinski definition) is 5. The van der Waals surface area contributed by atoms with Crippen LogP contribution in [-0.2, 0) is 25.5 Å². The quantitative estimate of drug-likeness (QED) is 0.454. The third-order valence-electron chi connectivity index (χ3n) is 3.58. The van der Waals surface area contributed by atoms with Gasteiger partial charge in [-0.05, 0) is 29.8 Å². The minimum atomic E-state index is -0.512. The van der Waals surface area contributed by atoms with Crippen LogP contribution in [-0.4, -0.2) is 31.0 Å². The molecule has 7 nitrogen and oxygen atoms in total. The van der Waals surface area contributed by atoms with Gasteiger partial charge in [-0.2, -0.15) is 0 Å². The zero-order chi connectivity index (χ0) is 20.2. The molecule has 0 aliphatic carbocycles. The molecule has 0 radical (unpaired) electrons. The molecule has 0 bridgehead atoms. The molecule has 28 heavy (non-hydrogen) atoms. The summed E-state index contributed by atoms with van der Waals surface area (Å²) in [4.78, 5) is 35.0. The highest BCUT2D eigenvalue weighted by Gasteiger charge is 2.09. The van der Waals surface area contributed by atoms with Gasteiger partial charge in [0.15, 0.2) is 6.61 Å². The number of carbonyl (C=O) groups excluding carboxylic acids is 3. The van der Waals surface area contributed by atoms with Crippen LogP contribution in [0.15, 0.2) is 59.1 Å². The fraction of sp³-hybridized carbons (Fsp3) is 0.250. The molecule has 0 saturated heterocycles. The minimum absolute atomic E-state index is 0.0636. The predicted molar refractivity (Wildman–Crippen MR) is 106 cm³/mol. The van der Waals surface area contributed by atoms with Gasteiger partial charge in [0.05, 0.1) is 13.0 Å². The average molecular weight is 449 g/mol. The van der Waals surface area contributed by atoms with E-state index in [0.717, 1.165) is 10.0 Å². The fourth-order valence-corrected chi connectivity index (χ4v) is 2.40. The smallest absolute Gasteiger partial charge is 0.306 e. The van der Waals surface area contributed by atoms with Crippen LogP contribution in [0.1, 0.15) is 18.4 Å². The van der Waals surface area contributed by atoms with Crippen molar-refractivity contribution in [1.29, 1.82) is 0 Å². The fourth-order valence-electron chi connectivity index (χ4n) is 2.13. The maximum Gasteiger partial charge on any atom is 0.306 e. The topological polar surface area (TPSA) is 93.7 Å². The summed E-state index contributed by atoms with van der Waals surface area (Å²) in [5, 5.41) is 0. The summed E-state index contributed by atoms with van der Waals surface area (Å²) in [5.41, 5.74) is 5.53. The van der Waals surface area contributed by atoms with Gasteiger partial charge in [0, 0.05) is 17.3 Å². The van der Waals surface area contributed by atoms with Gasteiger partial charge in [-0.25, -0.2) is 0 Å².